The van der Waals surface area contributed by atoms with E-state index in [1.807, 2.05) is 4.90 Å². The summed E-state index contributed by atoms with van der Waals surface area (Å²) in [6, 6.07) is 0.512. The van der Waals surface area contributed by atoms with Crippen molar-refractivity contribution in [2.75, 3.05) is 19.6 Å². The Hall–Kier alpha value is -1.30. The van der Waals surface area contributed by atoms with Gasteiger partial charge in [-0.3, -0.25) is 15.2 Å². The molecule has 0 spiro atoms. The third kappa shape index (κ3) is 4.18. The van der Waals surface area contributed by atoms with E-state index in [-0.39, 0.29) is 5.91 Å². The van der Waals surface area contributed by atoms with Gasteiger partial charge in [-0.25, -0.2) is 5.84 Å². The van der Waals surface area contributed by atoms with Crippen molar-refractivity contribution in [1.82, 2.24) is 15.6 Å². The number of rotatable bonds is 4. The first-order valence-corrected chi connectivity index (χ1v) is 6.85. The van der Waals surface area contributed by atoms with Gasteiger partial charge in [0.25, 0.3) is 0 Å². The van der Waals surface area contributed by atoms with E-state index >= 15 is 0 Å². The quantitative estimate of drug-likeness (QED) is 0.284. The second-order valence-electron chi connectivity index (χ2n) is 4.98. The number of nitrogens with zero attached hydrogens (tertiary/aromatic N) is 2. The van der Waals surface area contributed by atoms with Crippen LogP contribution in [0, 0.1) is 0 Å². The number of hydrogen-bond acceptors (Lipinski definition) is 3. The highest BCUT2D eigenvalue weighted by molar-refractivity contribution is 5.80. The molecular formula is C12H23N5O. The van der Waals surface area contributed by atoms with Gasteiger partial charge in [0.2, 0.25) is 11.9 Å². The Morgan fingerprint density at radius 3 is 2.61 bits per heavy atom. The maximum atomic E-state index is 11.9. The fourth-order valence-corrected chi connectivity index (χ4v) is 2.12. The van der Waals surface area contributed by atoms with Crippen LogP contribution in [0.5, 0.6) is 0 Å². The van der Waals surface area contributed by atoms with E-state index < -0.39 is 0 Å². The summed E-state index contributed by atoms with van der Waals surface area (Å²) in [5.41, 5.74) is 2.54. The van der Waals surface area contributed by atoms with Crippen molar-refractivity contribution in [3.8, 4) is 0 Å². The van der Waals surface area contributed by atoms with Gasteiger partial charge in [-0.15, -0.1) is 0 Å². The predicted octanol–water partition coefficient (Wildman–Crippen LogP) is -0.0397. The zero-order chi connectivity index (χ0) is 12.8. The van der Waals surface area contributed by atoms with Crippen LogP contribution in [0.3, 0.4) is 0 Å². The number of likely N-dealkylation sites (tertiary alicyclic amines) is 1. The summed E-state index contributed by atoms with van der Waals surface area (Å²) in [7, 11) is 0. The van der Waals surface area contributed by atoms with Gasteiger partial charge in [0.1, 0.15) is 0 Å². The second kappa shape index (κ2) is 6.58. The van der Waals surface area contributed by atoms with E-state index in [9.17, 15) is 4.79 Å². The molecule has 0 bridgehead atoms. The average Bonchev–Trinajstić information content (AvgIpc) is 3.22. The first-order chi connectivity index (χ1) is 8.79. The van der Waals surface area contributed by atoms with E-state index in [1.54, 1.807) is 0 Å². The highest BCUT2D eigenvalue weighted by Gasteiger charge is 2.22. The Bertz CT molecular complexity index is 308. The van der Waals surface area contributed by atoms with Crippen LogP contribution in [-0.4, -0.2) is 42.4 Å². The van der Waals surface area contributed by atoms with Gasteiger partial charge in [0, 0.05) is 25.6 Å². The third-order valence-electron chi connectivity index (χ3n) is 3.36. The molecular weight excluding hydrogens is 230 g/mol. The van der Waals surface area contributed by atoms with Crippen molar-refractivity contribution >= 4 is 11.9 Å². The molecule has 0 atom stereocenters. The van der Waals surface area contributed by atoms with E-state index in [2.05, 4.69) is 15.7 Å². The summed E-state index contributed by atoms with van der Waals surface area (Å²) in [4.78, 5) is 18.1. The molecule has 1 aliphatic heterocycles. The number of carbonyl (C=O) groups is 1. The summed E-state index contributed by atoms with van der Waals surface area (Å²) >= 11 is 0. The van der Waals surface area contributed by atoms with E-state index in [4.69, 9.17) is 5.84 Å². The number of amides is 1. The SMILES string of the molecule is NNC(=NCCC(=O)N1CCCCC1)NC1CC1. The molecule has 0 aromatic rings. The smallest absolute Gasteiger partial charge is 0.224 e. The van der Waals surface area contributed by atoms with Crippen LogP contribution in [0.25, 0.3) is 0 Å². The number of hydrazine groups is 1. The van der Waals surface area contributed by atoms with Crippen molar-refractivity contribution in [2.45, 2.75) is 44.6 Å². The molecule has 0 unspecified atom stereocenters. The number of carbonyl (C=O) groups excluding carboxylic acids is 1. The number of guanidine groups is 1. The van der Waals surface area contributed by atoms with Gasteiger partial charge in [-0.2, -0.15) is 0 Å². The summed E-state index contributed by atoms with van der Waals surface area (Å²) in [5, 5.41) is 3.18. The molecule has 0 aromatic carbocycles. The molecule has 1 saturated heterocycles. The molecule has 6 nitrogen and oxygen atoms in total. The Balaban J connectivity index is 1.68. The lowest BCUT2D eigenvalue weighted by molar-refractivity contribution is -0.131. The Kier molecular flexibility index (Phi) is 4.81. The fourth-order valence-electron chi connectivity index (χ4n) is 2.12. The third-order valence-corrected chi connectivity index (χ3v) is 3.36. The molecule has 0 aromatic heterocycles. The standard InChI is InChI=1S/C12H23N5O/c13-16-12(15-10-4-5-10)14-7-6-11(18)17-8-2-1-3-9-17/h10H,1-9,13H2,(H2,14,15,16). The van der Waals surface area contributed by atoms with Gasteiger partial charge < -0.3 is 10.2 Å². The average molecular weight is 253 g/mol. The van der Waals surface area contributed by atoms with Gasteiger partial charge >= 0.3 is 0 Å². The number of piperidine rings is 1. The second-order valence-corrected chi connectivity index (χ2v) is 4.98. The van der Waals surface area contributed by atoms with Crippen molar-refractivity contribution < 1.29 is 4.79 Å². The lowest BCUT2D eigenvalue weighted by atomic mass is 10.1. The van der Waals surface area contributed by atoms with E-state index in [0.717, 1.165) is 25.9 Å². The van der Waals surface area contributed by atoms with Gasteiger partial charge in [0.15, 0.2) is 0 Å². The molecule has 6 heteroatoms. The van der Waals surface area contributed by atoms with Crippen molar-refractivity contribution in [1.29, 1.82) is 0 Å². The van der Waals surface area contributed by atoms with Crippen LogP contribution in [0.1, 0.15) is 38.5 Å². The Morgan fingerprint density at radius 1 is 1.28 bits per heavy atom. The molecule has 1 saturated carbocycles. The molecule has 1 heterocycles. The van der Waals surface area contributed by atoms with Crippen molar-refractivity contribution in [2.24, 2.45) is 10.8 Å². The number of nitrogens with one attached hydrogen (secondary N) is 2. The van der Waals surface area contributed by atoms with Crippen LogP contribution >= 0.6 is 0 Å². The summed E-state index contributed by atoms with van der Waals surface area (Å²) in [6.07, 6.45) is 6.33. The van der Waals surface area contributed by atoms with Crippen LogP contribution in [0.15, 0.2) is 4.99 Å². The normalized spacial score (nSPS) is 20.7. The largest absolute Gasteiger partial charge is 0.353 e. The fraction of sp³-hybridized carbons (Fsp3) is 0.833. The zero-order valence-corrected chi connectivity index (χ0v) is 10.8. The van der Waals surface area contributed by atoms with Crippen LogP contribution in [0.2, 0.25) is 0 Å². The molecule has 2 fully saturated rings. The topological polar surface area (TPSA) is 82.7 Å². The van der Waals surface area contributed by atoms with E-state index in [1.165, 1.54) is 19.3 Å². The van der Waals surface area contributed by atoms with Gasteiger partial charge in [0.05, 0.1) is 6.54 Å². The van der Waals surface area contributed by atoms with Crippen LogP contribution < -0.4 is 16.6 Å². The molecule has 4 N–H and O–H groups in total. The highest BCUT2D eigenvalue weighted by atomic mass is 16.2. The number of hydrogen-bond donors (Lipinski definition) is 3. The summed E-state index contributed by atoms with van der Waals surface area (Å²) in [6.45, 7) is 2.31. The van der Waals surface area contributed by atoms with Crippen molar-refractivity contribution in [3.05, 3.63) is 0 Å². The first-order valence-electron chi connectivity index (χ1n) is 6.85. The maximum Gasteiger partial charge on any atom is 0.224 e. The van der Waals surface area contributed by atoms with Gasteiger partial charge in [-0.1, -0.05) is 0 Å². The molecule has 18 heavy (non-hydrogen) atoms. The lowest BCUT2D eigenvalue weighted by Gasteiger charge is -2.26. The highest BCUT2D eigenvalue weighted by Crippen LogP contribution is 2.18. The first kappa shape index (κ1) is 13.1. The number of aliphatic imine (C=N–C) groups is 1. The summed E-state index contributed by atoms with van der Waals surface area (Å²) < 4.78 is 0. The minimum absolute atomic E-state index is 0.209. The minimum Gasteiger partial charge on any atom is -0.353 e. The predicted molar refractivity (Wildman–Crippen MR) is 70.8 cm³/mol. The molecule has 1 aliphatic carbocycles. The van der Waals surface area contributed by atoms with E-state index in [0.29, 0.717) is 25.0 Å². The molecule has 102 valence electrons. The Morgan fingerprint density at radius 2 is 2.00 bits per heavy atom. The van der Waals surface area contributed by atoms with Crippen LogP contribution in [-0.2, 0) is 4.79 Å². The zero-order valence-electron chi connectivity index (χ0n) is 10.8. The molecule has 1 amide bonds. The lowest BCUT2D eigenvalue weighted by Crippen LogP contribution is -2.43. The number of nitrogens with two attached hydrogens (primary N) is 1. The molecule has 0 radical (unpaired) electrons. The van der Waals surface area contributed by atoms with Crippen LogP contribution in [0.4, 0.5) is 0 Å². The monoisotopic (exact) mass is 253 g/mol. The summed E-state index contributed by atoms with van der Waals surface area (Å²) in [5.74, 6) is 6.18. The molecule has 2 rings (SSSR count). The van der Waals surface area contributed by atoms with Crippen molar-refractivity contribution in [3.63, 3.8) is 0 Å². The van der Waals surface area contributed by atoms with Gasteiger partial charge in [-0.05, 0) is 32.1 Å². The Labute approximate surface area is 108 Å². The molecule has 2 aliphatic rings. The minimum atomic E-state index is 0.209. The maximum absolute atomic E-state index is 11.9.